The first-order chi connectivity index (χ1) is 10.9. The number of carbonyl (C=O) groups is 2. The monoisotopic (exact) mass is 314 g/mol. The lowest BCUT2D eigenvalue weighted by molar-refractivity contribution is -0.131. The van der Waals surface area contributed by atoms with Crippen molar-refractivity contribution < 1.29 is 14.3 Å². The van der Waals surface area contributed by atoms with Gasteiger partial charge < -0.3 is 14.2 Å². The van der Waals surface area contributed by atoms with Crippen molar-refractivity contribution in [3.05, 3.63) is 58.9 Å². The number of nitrogens with zero attached hydrogens (tertiary/aromatic N) is 2. The summed E-state index contributed by atoms with van der Waals surface area (Å²) in [5.74, 6) is -0.705. The third kappa shape index (κ3) is 4.00. The topological polar surface area (TPSA) is 51.5 Å². The fourth-order valence-electron chi connectivity index (χ4n) is 2.35. The van der Waals surface area contributed by atoms with E-state index in [9.17, 15) is 9.59 Å². The molecule has 0 N–H and O–H groups in total. The molecule has 2 rings (SSSR count). The van der Waals surface area contributed by atoms with Gasteiger partial charge in [-0.1, -0.05) is 30.3 Å². The van der Waals surface area contributed by atoms with Crippen LogP contribution in [-0.4, -0.2) is 42.0 Å². The second-order valence-corrected chi connectivity index (χ2v) is 5.72. The summed E-state index contributed by atoms with van der Waals surface area (Å²) in [4.78, 5) is 25.1. The minimum atomic E-state index is -0.465. The molecule has 0 saturated carbocycles. The van der Waals surface area contributed by atoms with Gasteiger partial charge in [-0.25, -0.2) is 4.79 Å². The van der Waals surface area contributed by atoms with E-state index in [1.54, 1.807) is 20.2 Å². The molecule has 0 spiro atoms. The average Bonchev–Trinajstić information content (AvgIpc) is 2.81. The second-order valence-electron chi connectivity index (χ2n) is 5.72. The maximum absolute atomic E-state index is 12.2. The van der Waals surface area contributed by atoms with Crippen LogP contribution in [0.4, 0.5) is 0 Å². The van der Waals surface area contributed by atoms with Crippen LogP contribution in [0.15, 0.2) is 36.4 Å². The number of hydrogen-bond donors (Lipinski definition) is 0. The summed E-state index contributed by atoms with van der Waals surface area (Å²) in [6.07, 6.45) is 0. The average molecular weight is 314 g/mol. The minimum absolute atomic E-state index is 0.239. The molecular weight excluding hydrogens is 292 g/mol. The fraction of sp³-hybridized carbons (Fsp3) is 0.333. The van der Waals surface area contributed by atoms with Crippen LogP contribution in [0.2, 0.25) is 0 Å². The van der Waals surface area contributed by atoms with Gasteiger partial charge >= 0.3 is 5.97 Å². The van der Waals surface area contributed by atoms with Crippen molar-refractivity contribution in [3.8, 4) is 0 Å². The van der Waals surface area contributed by atoms with Crippen LogP contribution in [0, 0.1) is 13.8 Å². The Bertz CT molecular complexity index is 703. The van der Waals surface area contributed by atoms with Crippen LogP contribution in [0.1, 0.15) is 27.3 Å². The SMILES string of the molecule is Cc1cc(C(=O)OCC(=O)N(C)C)c(C)n1Cc1ccccc1. The van der Waals surface area contributed by atoms with E-state index < -0.39 is 5.97 Å². The molecule has 0 saturated heterocycles. The number of amides is 1. The molecule has 0 atom stereocenters. The molecule has 1 amide bonds. The molecule has 0 unspecified atom stereocenters. The van der Waals surface area contributed by atoms with E-state index in [1.165, 1.54) is 4.90 Å². The smallest absolute Gasteiger partial charge is 0.340 e. The van der Waals surface area contributed by atoms with Gasteiger partial charge in [-0.05, 0) is 25.5 Å². The van der Waals surface area contributed by atoms with Crippen LogP contribution < -0.4 is 0 Å². The van der Waals surface area contributed by atoms with Gasteiger partial charge in [0.1, 0.15) is 0 Å². The number of rotatable bonds is 5. The Labute approximate surface area is 136 Å². The van der Waals surface area contributed by atoms with Gasteiger partial charge in [0.2, 0.25) is 0 Å². The number of hydrogen-bond acceptors (Lipinski definition) is 3. The summed E-state index contributed by atoms with van der Waals surface area (Å²) >= 11 is 0. The molecular formula is C18H22N2O3. The summed E-state index contributed by atoms with van der Waals surface area (Å²) in [6, 6.07) is 11.9. The molecule has 5 heteroatoms. The zero-order chi connectivity index (χ0) is 17.0. The quantitative estimate of drug-likeness (QED) is 0.796. The Morgan fingerprint density at radius 1 is 1.13 bits per heavy atom. The Balaban J connectivity index is 2.14. The Morgan fingerprint density at radius 3 is 2.39 bits per heavy atom. The van der Waals surface area contributed by atoms with Crippen LogP contribution in [0.5, 0.6) is 0 Å². The van der Waals surface area contributed by atoms with E-state index in [2.05, 4.69) is 4.57 Å². The van der Waals surface area contributed by atoms with Crippen molar-refractivity contribution >= 4 is 11.9 Å². The first kappa shape index (κ1) is 16.8. The highest BCUT2D eigenvalue weighted by Crippen LogP contribution is 2.18. The summed E-state index contributed by atoms with van der Waals surface area (Å²) < 4.78 is 7.18. The number of benzene rings is 1. The van der Waals surface area contributed by atoms with E-state index in [0.717, 1.165) is 17.0 Å². The van der Waals surface area contributed by atoms with E-state index in [4.69, 9.17) is 4.74 Å². The minimum Gasteiger partial charge on any atom is -0.452 e. The Hall–Kier alpha value is -2.56. The summed E-state index contributed by atoms with van der Waals surface area (Å²) in [6.45, 7) is 4.30. The van der Waals surface area contributed by atoms with Crippen molar-refractivity contribution in [2.24, 2.45) is 0 Å². The predicted molar refractivity (Wildman–Crippen MR) is 88.4 cm³/mol. The lowest BCUT2D eigenvalue weighted by Gasteiger charge is -2.11. The van der Waals surface area contributed by atoms with Crippen LogP contribution >= 0.6 is 0 Å². The van der Waals surface area contributed by atoms with E-state index in [0.29, 0.717) is 12.1 Å². The maximum atomic E-state index is 12.2. The molecule has 0 radical (unpaired) electrons. The molecule has 2 aromatic rings. The lowest BCUT2D eigenvalue weighted by Crippen LogP contribution is -2.27. The number of carbonyl (C=O) groups excluding carboxylic acids is 2. The molecule has 23 heavy (non-hydrogen) atoms. The van der Waals surface area contributed by atoms with Gasteiger partial charge in [-0.3, -0.25) is 4.79 Å². The number of aromatic nitrogens is 1. The summed E-state index contributed by atoms with van der Waals surface area (Å²) in [7, 11) is 3.25. The van der Waals surface area contributed by atoms with Gasteiger partial charge in [0, 0.05) is 32.0 Å². The predicted octanol–water partition coefficient (Wildman–Crippen LogP) is 2.40. The zero-order valence-corrected chi connectivity index (χ0v) is 14.0. The largest absolute Gasteiger partial charge is 0.452 e. The van der Waals surface area contributed by atoms with Gasteiger partial charge in [0.15, 0.2) is 6.61 Å². The number of aryl methyl sites for hydroxylation is 1. The van der Waals surface area contributed by atoms with E-state index in [-0.39, 0.29) is 12.5 Å². The van der Waals surface area contributed by atoms with Crippen LogP contribution in [0.25, 0.3) is 0 Å². The fourth-order valence-corrected chi connectivity index (χ4v) is 2.35. The van der Waals surface area contributed by atoms with Crippen molar-refractivity contribution in [2.75, 3.05) is 20.7 Å². The Morgan fingerprint density at radius 2 is 1.78 bits per heavy atom. The molecule has 0 aliphatic heterocycles. The summed E-state index contributed by atoms with van der Waals surface area (Å²) in [5.41, 5.74) is 3.49. The summed E-state index contributed by atoms with van der Waals surface area (Å²) in [5, 5.41) is 0. The third-order valence-electron chi connectivity index (χ3n) is 3.80. The molecule has 0 fully saturated rings. The van der Waals surface area contributed by atoms with Crippen molar-refractivity contribution in [3.63, 3.8) is 0 Å². The first-order valence-corrected chi connectivity index (χ1v) is 7.48. The third-order valence-corrected chi connectivity index (χ3v) is 3.80. The Kier molecular flexibility index (Phi) is 5.21. The molecule has 0 aliphatic carbocycles. The van der Waals surface area contributed by atoms with Gasteiger partial charge in [-0.15, -0.1) is 0 Å². The van der Waals surface area contributed by atoms with Crippen LogP contribution in [-0.2, 0) is 16.1 Å². The van der Waals surface area contributed by atoms with Crippen molar-refractivity contribution in [1.29, 1.82) is 0 Å². The normalized spacial score (nSPS) is 10.4. The lowest BCUT2D eigenvalue weighted by atomic mass is 10.2. The molecule has 1 aromatic carbocycles. The molecule has 5 nitrogen and oxygen atoms in total. The number of esters is 1. The highest BCUT2D eigenvalue weighted by Gasteiger charge is 2.18. The first-order valence-electron chi connectivity index (χ1n) is 7.48. The second kappa shape index (κ2) is 7.13. The molecule has 1 heterocycles. The molecule has 1 aromatic heterocycles. The van der Waals surface area contributed by atoms with Gasteiger partial charge in [-0.2, -0.15) is 0 Å². The highest BCUT2D eigenvalue weighted by molar-refractivity contribution is 5.92. The van der Waals surface area contributed by atoms with Gasteiger partial charge in [0.05, 0.1) is 5.56 Å². The maximum Gasteiger partial charge on any atom is 0.340 e. The molecule has 0 aliphatic rings. The molecule has 0 bridgehead atoms. The standard InChI is InChI=1S/C18H22N2O3/c1-13-10-16(18(22)23-12-17(21)19(3)4)14(2)20(13)11-15-8-6-5-7-9-15/h5-10H,11-12H2,1-4H3. The highest BCUT2D eigenvalue weighted by atomic mass is 16.5. The number of likely N-dealkylation sites (N-methyl/N-ethyl adjacent to an activating group) is 1. The molecule has 122 valence electrons. The van der Waals surface area contributed by atoms with Crippen LogP contribution in [0.3, 0.4) is 0 Å². The van der Waals surface area contributed by atoms with E-state index in [1.807, 2.05) is 44.2 Å². The van der Waals surface area contributed by atoms with E-state index >= 15 is 0 Å². The van der Waals surface area contributed by atoms with Crippen molar-refractivity contribution in [1.82, 2.24) is 9.47 Å². The van der Waals surface area contributed by atoms with Gasteiger partial charge in [0.25, 0.3) is 5.91 Å². The number of ether oxygens (including phenoxy) is 1. The zero-order valence-electron chi connectivity index (χ0n) is 14.0. The van der Waals surface area contributed by atoms with Crippen molar-refractivity contribution in [2.45, 2.75) is 20.4 Å².